The Balaban J connectivity index is 1.86. The standard InChI is InChI=1S/C17H35NO/c1-3-4-5-6-7-8-9-10-11-12-13-17(18)14-15-19-16(17)2/h16H,3-15,18H2,1-2H3. The third kappa shape index (κ3) is 6.76. The van der Waals surface area contributed by atoms with Crippen molar-refractivity contribution in [2.24, 2.45) is 5.73 Å². The lowest BCUT2D eigenvalue weighted by Gasteiger charge is -2.27. The minimum absolute atomic E-state index is 0.0276. The molecule has 0 amide bonds. The van der Waals surface area contributed by atoms with Gasteiger partial charge in [-0.1, -0.05) is 71.1 Å². The Bertz CT molecular complexity index is 219. The third-order valence-electron chi connectivity index (χ3n) is 4.74. The second kappa shape index (κ2) is 9.77. The van der Waals surface area contributed by atoms with Crippen LogP contribution in [0.2, 0.25) is 0 Å². The minimum Gasteiger partial charge on any atom is -0.377 e. The molecule has 0 spiro atoms. The Morgan fingerprint density at radius 3 is 1.95 bits per heavy atom. The zero-order chi connectivity index (χ0) is 14.0. The van der Waals surface area contributed by atoms with Gasteiger partial charge in [-0.25, -0.2) is 0 Å². The molecule has 2 nitrogen and oxygen atoms in total. The highest BCUT2D eigenvalue weighted by atomic mass is 16.5. The summed E-state index contributed by atoms with van der Waals surface area (Å²) in [4.78, 5) is 0. The van der Waals surface area contributed by atoms with Crippen LogP contribution in [0.25, 0.3) is 0 Å². The Labute approximate surface area is 120 Å². The highest BCUT2D eigenvalue weighted by Crippen LogP contribution is 2.28. The molecule has 0 radical (unpaired) electrons. The van der Waals surface area contributed by atoms with Gasteiger partial charge in [-0.3, -0.25) is 0 Å². The van der Waals surface area contributed by atoms with Gasteiger partial charge in [0.25, 0.3) is 0 Å². The number of nitrogens with two attached hydrogens (primary N) is 1. The molecule has 114 valence electrons. The molecular weight excluding hydrogens is 234 g/mol. The van der Waals surface area contributed by atoms with E-state index in [0.717, 1.165) is 19.4 Å². The van der Waals surface area contributed by atoms with Gasteiger partial charge in [0.1, 0.15) is 0 Å². The maximum atomic E-state index is 6.39. The molecule has 2 unspecified atom stereocenters. The summed E-state index contributed by atoms with van der Waals surface area (Å²) < 4.78 is 5.59. The zero-order valence-corrected chi connectivity index (χ0v) is 13.3. The van der Waals surface area contributed by atoms with Crippen molar-refractivity contribution in [3.05, 3.63) is 0 Å². The molecule has 2 atom stereocenters. The SMILES string of the molecule is CCCCCCCCCCCCC1(N)CCOC1C. The average Bonchev–Trinajstić information content (AvgIpc) is 2.72. The molecule has 0 aromatic rings. The van der Waals surface area contributed by atoms with E-state index < -0.39 is 0 Å². The van der Waals surface area contributed by atoms with E-state index in [9.17, 15) is 0 Å². The molecule has 19 heavy (non-hydrogen) atoms. The van der Waals surface area contributed by atoms with Crippen LogP contribution in [0, 0.1) is 0 Å². The summed E-state index contributed by atoms with van der Waals surface area (Å²) in [5, 5.41) is 0. The molecule has 1 saturated heterocycles. The zero-order valence-electron chi connectivity index (χ0n) is 13.3. The average molecular weight is 269 g/mol. The summed E-state index contributed by atoms with van der Waals surface area (Å²) in [7, 11) is 0. The van der Waals surface area contributed by atoms with Gasteiger partial charge < -0.3 is 10.5 Å². The number of hydrogen-bond donors (Lipinski definition) is 1. The monoisotopic (exact) mass is 269 g/mol. The summed E-state index contributed by atoms with van der Waals surface area (Å²) in [6.07, 6.45) is 16.4. The van der Waals surface area contributed by atoms with Crippen molar-refractivity contribution < 1.29 is 4.74 Å². The van der Waals surface area contributed by atoms with Crippen molar-refractivity contribution >= 4 is 0 Å². The van der Waals surface area contributed by atoms with Crippen molar-refractivity contribution in [2.45, 2.75) is 103 Å². The van der Waals surface area contributed by atoms with E-state index in [1.165, 1.54) is 64.2 Å². The Kier molecular flexibility index (Phi) is 8.72. The van der Waals surface area contributed by atoms with Crippen LogP contribution in [-0.2, 0) is 4.74 Å². The Hall–Kier alpha value is -0.0800. The maximum absolute atomic E-state index is 6.39. The molecule has 0 aromatic carbocycles. The first-order valence-corrected chi connectivity index (χ1v) is 8.59. The van der Waals surface area contributed by atoms with Crippen LogP contribution < -0.4 is 5.73 Å². The molecule has 2 heteroatoms. The normalized spacial score (nSPS) is 27.0. The smallest absolute Gasteiger partial charge is 0.0727 e. The van der Waals surface area contributed by atoms with E-state index in [1.54, 1.807) is 0 Å². The summed E-state index contributed by atoms with van der Waals surface area (Å²) in [5.41, 5.74) is 6.36. The number of unbranched alkanes of at least 4 members (excludes halogenated alkanes) is 9. The van der Waals surface area contributed by atoms with E-state index in [0.29, 0.717) is 0 Å². The molecule has 0 aromatic heterocycles. The van der Waals surface area contributed by atoms with Crippen LogP contribution in [-0.4, -0.2) is 18.2 Å². The van der Waals surface area contributed by atoms with E-state index in [4.69, 9.17) is 10.5 Å². The van der Waals surface area contributed by atoms with E-state index in [2.05, 4.69) is 13.8 Å². The van der Waals surface area contributed by atoms with Crippen LogP contribution in [0.15, 0.2) is 0 Å². The van der Waals surface area contributed by atoms with Gasteiger partial charge in [-0.05, 0) is 19.8 Å². The molecule has 1 aliphatic heterocycles. The molecule has 2 N–H and O–H groups in total. The predicted molar refractivity (Wildman–Crippen MR) is 83.4 cm³/mol. The van der Waals surface area contributed by atoms with E-state index in [1.807, 2.05) is 0 Å². The second-order valence-corrected chi connectivity index (χ2v) is 6.43. The summed E-state index contributed by atoms with van der Waals surface area (Å²) in [6, 6.07) is 0. The number of rotatable bonds is 11. The van der Waals surface area contributed by atoms with Crippen molar-refractivity contribution in [1.82, 2.24) is 0 Å². The van der Waals surface area contributed by atoms with Gasteiger partial charge in [0.15, 0.2) is 0 Å². The van der Waals surface area contributed by atoms with Crippen LogP contribution >= 0.6 is 0 Å². The number of ether oxygens (including phenoxy) is 1. The fraction of sp³-hybridized carbons (Fsp3) is 1.00. The lowest BCUT2D eigenvalue weighted by molar-refractivity contribution is 0.0920. The van der Waals surface area contributed by atoms with Crippen LogP contribution in [0.5, 0.6) is 0 Å². The largest absolute Gasteiger partial charge is 0.377 e. The molecule has 1 heterocycles. The van der Waals surface area contributed by atoms with Gasteiger partial charge in [0.05, 0.1) is 6.10 Å². The first-order valence-electron chi connectivity index (χ1n) is 8.59. The van der Waals surface area contributed by atoms with Crippen molar-refractivity contribution in [3.8, 4) is 0 Å². The van der Waals surface area contributed by atoms with Crippen LogP contribution in [0.3, 0.4) is 0 Å². The van der Waals surface area contributed by atoms with Crippen LogP contribution in [0.4, 0.5) is 0 Å². The lowest BCUT2D eigenvalue weighted by Crippen LogP contribution is -2.45. The van der Waals surface area contributed by atoms with Crippen molar-refractivity contribution in [3.63, 3.8) is 0 Å². The fourth-order valence-electron chi connectivity index (χ4n) is 3.06. The summed E-state index contributed by atoms with van der Waals surface area (Å²) >= 11 is 0. The van der Waals surface area contributed by atoms with Gasteiger partial charge in [0, 0.05) is 12.1 Å². The first-order chi connectivity index (χ1) is 9.19. The molecular formula is C17H35NO. The van der Waals surface area contributed by atoms with Crippen LogP contribution in [0.1, 0.15) is 90.9 Å². The molecule has 1 fully saturated rings. The summed E-state index contributed by atoms with van der Waals surface area (Å²) in [6.45, 7) is 5.26. The van der Waals surface area contributed by atoms with E-state index in [-0.39, 0.29) is 11.6 Å². The quantitative estimate of drug-likeness (QED) is 0.547. The molecule has 0 saturated carbocycles. The molecule has 1 aliphatic rings. The second-order valence-electron chi connectivity index (χ2n) is 6.43. The topological polar surface area (TPSA) is 35.2 Å². The first kappa shape index (κ1) is 17.0. The fourth-order valence-corrected chi connectivity index (χ4v) is 3.06. The Morgan fingerprint density at radius 1 is 0.947 bits per heavy atom. The highest BCUT2D eigenvalue weighted by molar-refractivity contribution is 4.94. The number of hydrogen-bond acceptors (Lipinski definition) is 2. The van der Waals surface area contributed by atoms with Crippen molar-refractivity contribution in [2.75, 3.05) is 6.61 Å². The molecule has 1 rings (SSSR count). The predicted octanol–water partition coefficient (Wildman–Crippen LogP) is 4.80. The highest BCUT2D eigenvalue weighted by Gasteiger charge is 2.36. The van der Waals surface area contributed by atoms with Gasteiger partial charge in [0.2, 0.25) is 0 Å². The lowest BCUT2D eigenvalue weighted by atomic mass is 9.87. The summed E-state index contributed by atoms with van der Waals surface area (Å²) in [5.74, 6) is 0. The Morgan fingerprint density at radius 2 is 1.47 bits per heavy atom. The third-order valence-corrected chi connectivity index (χ3v) is 4.74. The minimum atomic E-state index is -0.0276. The maximum Gasteiger partial charge on any atom is 0.0727 e. The van der Waals surface area contributed by atoms with Crippen molar-refractivity contribution in [1.29, 1.82) is 0 Å². The van der Waals surface area contributed by atoms with Gasteiger partial charge in [-0.2, -0.15) is 0 Å². The molecule has 0 aliphatic carbocycles. The van der Waals surface area contributed by atoms with Gasteiger partial charge >= 0.3 is 0 Å². The van der Waals surface area contributed by atoms with Gasteiger partial charge in [-0.15, -0.1) is 0 Å². The molecule has 0 bridgehead atoms. The van der Waals surface area contributed by atoms with E-state index >= 15 is 0 Å².